The molecule has 0 radical (unpaired) electrons. The number of rotatable bonds is 1. The predicted octanol–water partition coefficient (Wildman–Crippen LogP) is -5.25. The molecular formula is CH14IN12O9+5. The van der Waals surface area contributed by atoms with E-state index in [9.17, 15) is 0 Å². The van der Waals surface area contributed by atoms with Crippen LogP contribution in [-0.2, 0) is 42.6 Å². The zero-order chi connectivity index (χ0) is 17.1. The Morgan fingerprint density at radius 1 is 0.826 bits per heavy atom. The van der Waals surface area contributed by atoms with Gasteiger partial charge in [-0.1, -0.05) is 23.4 Å². The van der Waals surface area contributed by atoms with E-state index >= 15 is 0 Å². The topological polar surface area (TPSA) is 242 Å². The molecule has 0 aliphatic carbocycles. The number of hydrogen-bond acceptors (Lipinski definition) is 16. The summed E-state index contributed by atoms with van der Waals surface area (Å²) < 4.78 is 4.66. The number of nitrogens with two attached hydrogens (primary N) is 6. The largest absolute Gasteiger partial charge is 0.355 e. The molecule has 134 valence electrons. The summed E-state index contributed by atoms with van der Waals surface area (Å²) in [5.74, 6) is 33.4. The van der Waals surface area contributed by atoms with Crippen LogP contribution in [0.1, 0.15) is 0 Å². The standard InChI is InChI=1S/CH14IN12O9/c2-16-12(6)20-11(5)15-1-10(4)17-9(3)18-13(7,22-12)23-14(8,19-10)21-11/h1,3-8H2/q+5. The average Bonchev–Trinajstić information content (AvgIpc) is 2.41. The van der Waals surface area contributed by atoms with E-state index in [1.54, 1.807) is 0 Å². The maximum Gasteiger partial charge on any atom is 0.355 e. The third kappa shape index (κ3) is 3.48. The Morgan fingerprint density at radius 3 is 2.09 bits per heavy atom. The lowest BCUT2D eigenvalue weighted by Crippen LogP contribution is -2.81. The van der Waals surface area contributed by atoms with Crippen molar-refractivity contribution in [3.05, 3.63) is 0 Å². The smallest absolute Gasteiger partial charge is 0.209 e. The first-order chi connectivity index (χ1) is 10.4. The lowest BCUT2D eigenvalue weighted by molar-refractivity contribution is -1.78. The van der Waals surface area contributed by atoms with Crippen molar-refractivity contribution in [2.24, 2.45) is 35.1 Å². The van der Waals surface area contributed by atoms with Crippen molar-refractivity contribution in [2.75, 3.05) is 6.73 Å². The molecule has 0 spiro atoms. The zero-order valence-electron chi connectivity index (χ0n) is 10.9. The molecule has 5 atom stereocenters. The van der Waals surface area contributed by atoms with Crippen molar-refractivity contribution in [1.29, 1.82) is 0 Å². The number of hydroxylamine groups is 2. The first kappa shape index (κ1) is 17.7. The molecule has 0 aromatic carbocycles. The third-order valence-corrected chi connectivity index (χ3v) is 2.64. The Hall–Kier alpha value is -0.110. The maximum atomic E-state index is 5.66. The summed E-state index contributed by atoms with van der Waals surface area (Å²) in [6, 6.07) is 0. The van der Waals surface area contributed by atoms with Crippen molar-refractivity contribution in [3.63, 3.8) is 0 Å². The molecule has 3 aliphatic heterocycles. The fourth-order valence-corrected chi connectivity index (χ4v) is 1.65. The molecule has 3 rings (SSSR count). The van der Waals surface area contributed by atoms with E-state index in [0.29, 0.717) is 0 Å². The van der Waals surface area contributed by atoms with Crippen LogP contribution in [-0.4, -0.2) is 37.3 Å². The number of hydrogen-bond donors (Lipinski definition) is 6. The minimum atomic E-state index is -1.99. The van der Waals surface area contributed by atoms with Crippen LogP contribution >= 0.6 is 23.0 Å². The van der Waals surface area contributed by atoms with Gasteiger partial charge >= 0.3 is 27.1 Å². The normalized spacial score (nSPS) is 54.9. The molecule has 0 saturated carbocycles. The van der Waals surface area contributed by atoms with Crippen LogP contribution in [0.4, 0.5) is 0 Å². The Labute approximate surface area is 138 Å². The highest BCUT2D eigenvalue weighted by Crippen LogP contribution is 2.33. The van der Waals surface area contributed by atoms with E-state index in [2.05, 4.69) is 3.17 Å². The van der Waals surface area contributed by atoms with Crippen LogP contribution in [0, 0.1) is 0 Å². The lowest BCUT2D eigenvalue weighted by atomic mass is 11.3. The Morgan fingerprint density at radius 2 is 1.43 bits per heavy atom. The summed E-state index contributed by atoms with van der Waals surface area (Å²) in [7, 11) is 0. The molecule has 3 fully saturated rings. The van der Waals surface area contributed by atoms with Crippen LogP contribution in [0.3, 0.4) is 0 Å². The minimum absolute atomic E-state index is 0.0756. The van der Waals surface area contributed by atoms with Crippen LogP contribution in [0.15, 0.2) is 0 Å². The second kappa shape index (κ2) is 5.19. The summed E-state index contributed by atoms with van der Waals surface area (Å²) >= 11 is 1.26. The van der Waals surface area contributed by atoms with Gasteiger partial charge in [-0.3, -0.25) is 0 Å². The van der Waals surface area contributed by atoms with Gasteiger partial charge in [-0.25, -0.2) is 5.84 Å². The summed E-state index contributed by atoms with van der Waals surface area (Å²) in [6.45, 7) is -0.764. The first-order valence-corrected chi connectivity index (χ1v) is 6.11. The van der Waals surface area contributed by atoms with Gasteiger partial charge in [0, 0.05) is 9.88 Å². The first-order valence-electron chi connectivity index (χ1n) is 5.23. The molecule has 3 aliphatic rings. The fourth-order valence-electron chi connectivity index (χ4n) is 1.51. The van der Waals surface area contributed by atoms with Gasteiger partial charge in [-0.05, 0) is 8.00 Å². The Kier molecular flexibility index (Phi) is 4.00. The fraction of sp³-hybridized carbons (Fsp3) is 1.00. The van der Waals surface area contributed by atoms with Gasteiger partial charge in [0.15, 0.2) is 14.8 Å². The molecule has 0 aromatic heterocycles. The van der Waals surface area contributed by atoms with Crippen LogP contribution in [0.25, 0.3) is 0 Å². The van der Waals surface area contributed by atoms with Crippen LogP contribution < -0.4 is 35.1 Å². The Balaban J connectivity index is 2.10. The summed E-state index contributed by atoms with van der Waals surface area (Å²) in [5, 5.41) is -7.52. The molecule has 22 heteroatoms. The van der Waals surface area contributed by atoms with E-state index in [1.807, 2.05) is 0 Å². The molecule has 21 nitrogen and oxygen atoms in total. The molecule has 12 N–H and O–H groups in total. The molecule has 0 amide bonds. The summed E-state index contributed by atoms with van der Waals surface area (Å²) in [4.78, 5) is 37.6. The van der Waals surface area contributed by atoms with E-state index < -0.39 is 32.0 Å². The van der Waals surface area contributed by atoms with Gasteiger partial charge in [0.2, 0.25) is 32.9 Å². The monoisotopic (exact) mass is 465 g/mol. The SMILES string of the molecule is NN1O[N+]2(N)CO[N+]3(N)O[N+](N)(OI)O[N+](N)(O1)O[N+](N)(O2)O3. The van der Waals surface area contributed by atoms with Crippen molar-refractivity contribution >= 4 is 23.0 Å². The quantitative estimate of drug-likeness (QED) is 0.120. The van der Waals surface area contributed by atoms with Crippen LogP contribution in [0.5, 0.6) is 0 Å². The third-order valence-electron chi connectivity index (χ3n) is 2.09. The van der Waals surface area contributed by atoms with E-state index in [0.717, 1.165) is 0 Å². The van der Waals surface area contributed by atoms with Gasteiger partial charge in [-0.15, -0.1) is 5.84 Å². The maximum absolute atomic E-state index is 5.66. The van der Waals surface area contributed by atoms with E-state index in [4.69, 9.17) is 74.5 Å². The van der Waals surface area contributed by atoms with Gasteiger partial charge in [0.1, 0.15) is 10.3 Å². The van der Waals surface area contributed by atoms with Crippen molar-refractivity contribution in [2.45, 2.75) is 0 Å². The van der Waals surface area contributed by atoms with Crippen molar-refractivity contribution < 1.29 is 67.8 Å². The molecule has 0 aromatic rings. The summed E-state index contributed by atoms with van der Waals surface area (Å²) in [5.41, 5.74) is 0. The van der Waals surface area contributed by atoms with Gasteiger partial charge in [0.05, 0.1) is 0 Å². The van der Waals surface area contributed by atoms with Gasteiger partial charge < -0.3 is 0 Å². The number of quaternary nitrogens is 5. The number of halogens is 1. The van der Waals surface area contributed by atoms with E-state index in [-0.39, 0.29) is 5.34 Å². The number of nitrogens with zero attached hydrogens (tertiary/aromatic N) is 6. The zero-order valence-corrected chi connectivity index (χ0v) is 13.1. The highest BCUT2D eigenvalue weighted by atomic mass is 127. The second-order valence-electron chi connectivity index (χ2n) is 4.07. The molecular weight excluding hydrogens is 451 g/mol. The van der Waals surface area contributed by atoms with Crippen molar-refractivity contribution in [1.82, 2.24) is 5.34 Å². The molecule has 4 bridgehead atoms. The molecule has 3 saturated heterocycles. The second-order valence-corrected chi connectivity index (χ2v) is 4.46. The highest BCUT2D eigenvalue weighted by molar-refractivity contribution is 14.1. The molecule has 23 heavy (non-hydrogen) atoms. The van der Waals surface area contributed by atoms with Gasteiger partial charge in [0.25, 0.3) is 0 Å². The molecule has 3 heterocycles. The number of fused-ring (bicyclic) bond motifs is 3. The van der Waals surface area contributed by atoms with Crippen LogP contribution in [0.2, 0.25) is 0 Å². The average molecular weight is 465 g/mol. The lowest BCUT2D eigenvalue weighted by Gasteiger charge is -2.31. The predicted molar refractivity (Wildman–Crippen MR) is 56.9 cm³/mol. The molecule has 5 unspecified atom stereocenters. The highest BCUT2D eigenvalue weighted by Gasteiger charge is 2.78. The summed E-state index contributed by atoms with van der Waals surface area (Å²) in [6.07, 6.45) is 0. The van der Waals surface area contributed by atoms with E-state index in [1.165, 1.54) is 23.0 Å². The Bertz CT molecular complexity index is 499. The minimum Gasteiger partial charge on any atom is -0.209 e. The van der Waals surface area contributed by atoms with Gasteiger partial charge in [-0.2, -0.15) is 0 Å². The van der Waals surface area contributed by atoms with Crippen molar-refractivity contribution in [3.8, 4) is 0 Å². The number of hydrazine groups is 1.